The number of thioether (sulfide) groups is 1. The van der Waals surface area contributed by atoms with Crippen LogP contribution in [-0.2, 0) is 14.4 Å². The molecule has 0 unspecified atom stereocenters. The number of nitrogens with one attached hydrogen (secondary N) is 1. The van der Waals surface area contributed by atoms with Gasteiger partial charge in [-0.15, -0.1) is 11.8 Å². The maximum Gasteiger partial charge on any atom is 0.308 e. The molecule has 3 atom stereocenters. The molecule has 1 aliphatic heterocycles. The van der Waals surface area contributed by atoms with Crippen molar-refractivity contribution in [2.24, 2.45) is 5.92 Å². The molecule has 1 fully saturated rings. The van der Waals surface area contributed by atoms with Crippen LogP contribution in [0.5, 0.6) is 0 Å². The Morgan fingerprint density at radius 3 is 2.52 bits per heavy atom. The normalized spacial score (nSPS) is 19.9. The molecular weight excluding hydrogens is 316 g/mol. The maximum absolute atomic E-state index is 12.6. The number of nitrogens with zero attached hydrogens (tertiary/aromatic N) is 1. The minimum Gasteiger partial charge on any atom is -0.481 e. The summed E-state index contributed by atoms with van der Waals surface area (Å²) in [5.41, 5.74) is 0.732. The standard InChI is InChI=1S/C16H20N2O4S/c1-10(16(21)22)14(12-6-4-3-5-7-12)17-15(20)13-8-23-9-18(13)11(2)19/h3-7,10,13-14H,8-9H2,1-2H3,(H,17,20)(H,21,22)/t10-,13+,14+/m0/s1. The number of hydrogen-bond donors (Lipinski definition) is 2. The van der Waals surface area contributed by atoms with Crippen molar-refractivity contribution in [3.63, 3.8) is 0 Å². The highest BCUT2D eigenvalue weighted by atomic mass is 32.2. The first-order valence-corrected chi connectivity index (χ1v) is 8.50. The molecule has 1 aliphatic rings. The van der Waals surface area contributed by atoms with E-state index in [1.54, 1.807) is 31.2 Å². The van der Waals surface area contributed by atoms with Crippen LogP contribution in [0, 0.1) is 5.92 Å². The average Bonchev–Trinajstić information content (AvgIpc) is 3.02. The summed E-state index contributed by atoms with van der Waals surface area (Å²) in [6, 6.07) is 7.82. The van der Waals surface area contributed by atoms with Gasteiger partial charge in [0.1, 0.15) is 6.04 Å². The molecule has 2 N–H and O–H groups in total. The lowest BCUT2D eigenvalue weighted by Crippen LogP contribution is -2.48. The zero-order chi connectivity index (χ0) is 17.0. The minimum absolute atomic E-state index is 0.155. The Bertz CT molecular complexity index is 593. The second-order valence-electron chi connectivity index (χ2n) is 5.53. The van der Waals surface area contributed by atoms with E-state index >= 15 is 0 Å². The first kappa shape index (κ1) is 17.3. The van der Waals surface area contributed by atoms with Crippen molar-refractivity contribution in [2.45, 2.75) is 25.9 Å². The smallest absolute Gasteiger partial charge is 0.308 e. The molecule has 2 rings (SSSR count). The van der Waals surface area contributed by atoms with Crippen molar-refractivity contribution in [1.29, 1.82) is 0 Å². The van der Waals surface area contributed by atoms with Gasteiger partial charge in [0.05, 0.1) is 17.8 Å². The number of amides is 2. The summed E-state index contributed by atoms with van der Waals surface area (Å²) in [5.74, 6) is -1.22. The Balaban J connectivity index is 2.19. The molecule has 1 aromatic carbocycles. The lowest BCUT2D eigenvalue weighted by Gasteiger charge is -2.27. The molecule has 0 radical (unpaired) electrons. The van der Waals surface area contributed by atoms with Crippen molar-refractivity contribution in [2.75, 3.05) is 11.6 Å². The fourth-order valence-electron chi connectivity index (χ4n) is 2.52. The first-order chi connectivity index (χ1) is 10.9. The fraction of sp³-hybridized carbons (Fsp3) is 0.438. The summed E-state index contributed by atoms with van der Waals surface area (Å²) in [7, 11) is 0. The highest BCUT2D eigenvalue weighted by molar-refractivity contribution is 7.99. The van der Waals surface area contributed by atoms with Crippen LogP contribution in [0.15, 0.2) is 30.3 Å². The molecule has 6 nitrogen and oxygen atoms in total. The molecule has 2 amide bonds. The lowest BCUT2D eigenvalue weighted by atomic mass is 9.94. The largest absolute Gasteiger partial charge is 0.481 e. The highest BCUT2D eigenvalue weighted by Gasteiger charge is 2.35. The van der Waals surface area contributed by atoms with Gasteiger partial charge in [-0.3, -0.25) is 14.4 Å². The SMILES string of the molecule is CC(=O)N1CSC[C@@H]1C(=O)N[C@@H](c1ccccc1)[C@H](C)C(=O)O. The van der Waals surface area contributed by atoms with Crippen LogP contribution in [0.2, 0.25) is 0 Å². The summed E-state index contributed by atoms with van der Waals surface area (Å²) in [6.45, 7) is 2.99. The lowest BCUT2D eigenvalue weighted by molar-refractivity contribution is -0.143. The van der Waals surface area contributed by atoms with Gasteiger partial charge in [0.25, 0.3) is 0 Å². The van der Waals surface area contributed by atoms with Crippen molar-refractivity contribution in [3.05, 3.63) is 35.9 Å². The van der Waals surface area contributed by atoms with Gasteiger partial charge in [-0.1, -0.05) is 30.3 Å². The third kappa shape index (κ3) is 4.04. The average molecular weight is 336 g/mol. The first-order valence-electron chi connectivity index (χ1n) is 7.35. The summed E-state index contributed by atoms with van der Waals surface area (Å²) >= 11 is 1.51. The van der Waals surface area contributed by atoms with Crippen LogP contribution in [0.25, 0.3) is 0 Å². The van der Waals surface area contributed by atoms with Gasteiger partial charge in [0.15, 0.2) is 0 Å². The number of carboxylic acids is 1. The Labute approximate surface area is 139 Å². The number of carbonyl (C=O) groups is 3. The molecule has 0 saturated carbocycles. The summed E-state index contributed by atoms with van der Waals surface area (Å²) in [6.07, 6.45) is 0. The van der Waals surface area contributed by atoms with E-state index < -0.39 is 24.0 Å². The highest BCUT2D eigenvalue weighted by Crippen LogP contribution is 2.25. The molecule has 124 valence electrons. The molecular formula is C16H20N2O4S. The van der Waals surface area contributed by atoms with E-state index in [0.29, 0.717) is 11.6 Å². The van der Waals surface area contributed by atoms with E-state index in [0.717, 1.165) is 5.56 Å². The Morgan fingerprint density at radius 2 is 1.96 bits per heavy atom. The molecule has 0 bridgehead atoms. The Kier molecular flexibility index (Phi) is 5.65. The number of aliphatic carboxylic acids is 1. The van der Waals surface area contributed by atoms with Crippen LogP contribution in [0.1, 0.15) is 25.5 Å². The third-order valence-corrected chi connectivity index (χ3v) is 4.95. The predicted molar refractivity (Wildman–Crippen MR) is 87.8 cm³/mol. The molecule has 0 spiro atoms. The fourth-order valence-corrected chi connectivity index (χ4v) is 3.74. The van der Waals surface area contributed by atoms with Crippen LogP contribution >= 0.6 is 11.8 Å². The van der Waals surface area contributed by atoms with Gasteiger partial charge in [-0.2, -0.15) is 0 Å². The molecule has 23 heavy (non-hydrogen) atoms. The quantitative estimate of drug-likeness (QED) is 0.851. The van der Waals surface area contributed by atoms with Gasteiger partial charge < -0.3 is 15.3 Å². The zero-order valence-corrected chi connectivity index (χ0v) is 13.9. The monoisotopic (exact) mass is 336 g/mol. The predicted octanol–water partition coefficient (Wildman–Crippen LogP) is 1.49. The molecule has 1 heterocycles. The summed E-state index contributed by atoms with van der Waals surface area (Å²) < 4.78 is 0. The van der Waals surface area contributed by atoms with E-state index in [2.05, 4.69) is 5.32 Å². The van der Waals surface area contributed by atoms with E-state index in [9.17, 15) is 19.5 Å². The van der Waals surface area contributed by atoms with Gasteiger partial charge in [0, 0.05) is 12.7 Å². The van der Waals surface area contributed by atoms with Crippen molar-refractivity contribution in [1.82, 2.24) is 10.2 Å². The number of rotatable bonds is 5. The number of carboxylic acid groups (broad SMARTS) is 1. The van der Waals surface area contributed by atoms with Crippen molar-refractivity contribution in [3.8, 4) is 0 Å². The number of hydrogen-bond acceptors (Lipinski definition) is 4. The van der Waals surface area contributed by atoms with Gasteiger partial charge >= 0.3 is 5.97 Å². The van der Waals surface area contributed by atoms with E-state index in [1.807, 2.05) is 6.07 Å². The minimum atomic E-state index is -0.983. The van der Waals surface area contributed by atoms with Gasteiger partial charge in [-0.25, -0.2) is 0 Å². The number of carbonyl (C=O) groups excluding carboxylic acids is 2. The zero-order valence-electron chi connectivity index (χ0n) is 13.1. The van der Waals surface area contributed by atoms with Gasteiger partial charge in [0.2, 0.25) is 11.8 Å². The third-order valence-electron chi connectivity index (χ3n) is 3.94. The summed E-state index contributed by atoms with van der Waals surface area (Å²) in [4.78, 5) is 37.0. The second-order valence-corrected chi connectivity index (χ2v) is 6.53. The molecule has 0 aromatic heterocycles. The van der Waals surface area contributed by atoms with Crippen LogP contribution < -0.4 is 5.32 Å². The molecule has 1 aromatic rings. The number of benzene rings is 1. The van der Waals surface area contributed by atoms with Crippen LogP contribution in [-0.4, -0.2) is 45.5 Å². The Morgan fingerprint density at radius 1 is 1.30 bits per heavy atom. The molecule has 7 heteroatoms. The second kappa shape index (κ2) is 7.50. The van der Waals surface area contributed by atoms with Crippen molar-refractivity contribution >= 4 is 29.5 Å². The van der Waals surface area contributed by atoms with E-state index in [4.69, 9.17) is 0 Å². The molecule has 1 saturated heterocycles. The topological polar surface area (TPSA) is 86.7 Å². The van der Waals surface area contributed by atoms with Crippen LogP contribution in [0.4, 0.5) is 0 Å². The molecule has 0 aliphatic carbocycles. The van der Waals surface area contributed by atoms with E-state index in [1.165, 1.54) is 23.6 Å². The Hall–Kier alpha value is -2.02. The van der Waals surface area contributed by atoms with Crippen molar-refractivity contribution < 1.29 is 19.5 Å². The van der Waals surface area contributed by atoms with Gasteiger partial charge in [-0.05, 0) is 12.5 Å². The van der Waals surface area contributed by atoms with E-state index in [-0.39, 0.29) is 11.8 Å². The maximum atomic E-state index is 12.6. The van der Waals surface area contributed by atoms with Crippen LogP contribution in [0.3, 0.4) is 0 Å². The summed E-state index contributed by atoms with van der Waals surface area (Å²) in [5, 5.41) is 12.1.